The Morgan fingerprint density at radius 2 is 2.13 bits per heavy atom. The van der Waals surface area contributed by atoms with Crippen LogP contribution in [0.3, 0.4) is 0 Å². The van der Waals surface area contributed by atoms with Crippen molar-refractivity contribution in [3.63, 3.8) is 0 Å². The number of oxime groups is 1. The summed E-state index contributed by atoms with van der Waals surface area (Å²) in [6, 6.07) is 8.46. The normalized spacial score (nSPS) is 11.9. The standard InChI is InChI=1S/C10H9N3O2/c11-10(13-15)7-5-9(14)12-8-4-2-1-3-6(7)8/h1-5,15H,(H2,11,13)(H,12,14). The molecule has 0 atom stereocenters. The average Bonchev–Trinajstić information content (AvgIpc) is 2.26. The number of aromatic amines is 1. The van der Waals surface area contributed by atoms with Crippen LogP contribution in [-0.2, 0) is 0 Å². The molecular weight excluding hydrogens is 194 g/mol. The number of rotatable bonds is 1. The Morgan fingerprint density at radius 3 is 2.87 bits per heavy atom. The van der Waals surface area contributed by atoms with Crippen molar-refractivity contribution in [3.8, 4) is 0 Å². The molecule has 1 aromatic carbocycles. The average molecular weight is 203 g/mol. The summed E-state index contributed by atoms with van der Waals surface area (Å²) in [6.45, 7) is 0. The van der Waals surface area contributed by atoms with Crippen molar-refractivity contribution >= 4 is 16.7 Å². The Bertz CT molecular complexity index is 586. The number of benzene rings is 1. The molecule has 0 saturated heterocycles. The Balaban J connectivity index is 2.89. The smallest absolute Gasteiger partial charge is 0.249 e. The molecule has 0 aliphatic rings. The van der Waals surface area contributed by atoms with Crippen molar-refractivity contribution in [2.45, 2.75) is 0 Å². The molecule has 0 unspecified atom stereocenters. The molecule has 1 heterocycles. The Hall–Kier alpha value is -2.30. The number of hydrogen-bond acceptors (Lipinski definition) is 3. The zero-order valence-corrected chi connectivity index (χ0v) is 7.77. The van der Waals surface area contributed by atoms with Crippen LogP contribution < -0.4 is 11.3 Å². The van der Waals surface area contributed by atoms with E-state index in [2.05, 4.69) is 10.1 Å². The molecule has 4 N–H and O–H groups in total. The largest absolute Gasteiger partial charge is 0.409 e. The van der Waals surface area contributed by atoms with Gasteiger partial charge in [-0.25, -0.2) is 0 Å². The number of amidine groups is 1. The predicted molar refractivity (Wildman–Crippen MR) is 57.1 cm³/mol. The van der Waals surface area contributed by atoms with Crippen LogP contribution in [0.4, 0.5) is 0 Å². The molecule has 0 amide bonds. The Morgan fingerprint density at radius 1 is 1.40 bits per heavy atom. The van der Waals surface area contributed by atoms with Gasteiger partial charge in [-0.05, 0) is 6.07 Å². The van der Waals surface area contributed by atoms with E-state index in [4.69, 9.17) is 10.9 Å². The first-order chi connectivity index (χ1) is 7.22. The number of pyridine rings is 1. The van der Waals surface area contributed by atoms with Crippen molar-refractivity contribution in [2.24, 2.45) is 10.9 Å². The second-order valence-corrected chi connectivity index (χ2v) is 3.08. The third-order valence-electron chi connectivity index (χ3n) is 2.13. The maximum Gasteiger partial charge on any atom is 0.249 e. The first kappa shape index (κ1) is 9.26. The second kappa shape index (κ2) is 3.45. The molecule has 15 heavy (non-hydrogen) atoms. The lowest BCUT2D eigenvalue weighted by Gasteiger charge is -2.03. The van der Waals surface area contributed by atoms with E-state index < -0.39 is 0 Å². The molecule has 0 bridgehead atoms. The summed E-state index contributed by atoms with van der Waals surface area (Å²) in [5, 5.41) is 12.2. The molecule has 2 rings (SSSR count). The van der Waals surface area contributed by atoms with Crippen molar-refractivity contribution in [3.05, 3.63) is 46.2 Å². The number of aromatic nitrogens is 1. The van der Waals surface area contributed by atoms with E-state index in [0.29, 0.717) is 11.1 Å². The van der Waals surface area contributed by atoms with Crippen molar-refractivity contribution in [2.75, 3.05) is 0 Å². The van der Waals surface area contributed by atoms with E-state index in [1.165, 1.54) is 6.07 Å². The van der Waals surface area contributed by atoms with Crippen LogP contribution in [0.2, 0.25) is 0 Å². The second-order valence-electron chi connectivity index (χ2n) is 3.08. The van der Waals surface area contributed by atoms with Gasteiger partial charge in [-0.1, -0.05) is 23.4 Å². The summed E-state index contributed by atoms with van der Waals surface area (Å²) >= 11 is 0. The highest BCUT2D eigenvalue weighted by molar-refractivity contribution is 6.07. The van der Waals surface area contributed by atoms with Gasteiger partial charge in [0.05, 0.1) is 0 Å². The van der Waals surface area contributed by atoms with Crippen LogP contribution in [0, 0.1) is 0 Å². The summed E-state index contributed by atoms with van der Waals surface area (Å²) in [5.74, 6) is -0.0719. The fraction of sp³-hybridized carbons (Fsp3) is 0. The number of fused-ring (bicyclic) bond motifs is 1. The third kappa shape index (κ3) is 1.54. The summed E-state index contributed by atoms with van der Waals surface area (Å²) in [6.07, 6.45) is 0. The molecule has 2 aromatic rings. The van der Waals surface area contributed by atoms with E-state index in [-0.39, 0.29) is 11.4 Å². The number of nitrogens with zero attached hydrogens (tertiary/aromatic N) is 1. The van der Waals surface area contributed by atoms with Gasteiger partial charge in [0, 0.05) is 22.5 Å². The number of hydrogen-bond donors (Lipinski definition) is 3. The van der Waals surface area contributed by atoms with Crippen LogP contribution in [0.25, 0.3) is 10.9 Å². The number of nitrogens with one attached hydrogen (secondary N) is 1. The highest BCUT2D eigenvalue weighted by Gasteiger charge is 2.06. The number of H-pyrrole nitrogens is 1. The lowest BCUT2D eigenvalue weighted by atomic mass is 10.1. The minimum Gasteiger partial charge on any atom is -0.409 e. The SMILES string of the molecule is NC(=NO)c1cc(=O)[nH]c2ccccc12. The van der Waals surface area contributed by atoms with Crippen molar-refractivity contribution in [1.82, 2.24) is 4.98 Å². The van der Waals surface area contributed by atoms with Gasteiger partial charge >= 0.3 is 0 Å². The van der Waals surface area contributed by atoms with E-state index in [1.54, 1.807) is 18.2 Å². The Labute approximate surface area is 84.8 Å². The number of para-hydroxylation sites is 1. The minimum atomic E-state index is -0.282. The van der Waals surface area contributed by atoms with Gasteiger partial charge in [-0.15, -0.1) is 0 Å². The fourth-order valence-corrected chi connectivity index (χ4v) is 1.47. The quantitative estimate of drug-likeness (QED) is 0.274. The van der Waals surface area contributed by atoms with Crippen molar-refractivity contribution < 1.29 is 5.21 Å². The van der Waals surface area contributed by atoms with E-state index in [9.17, 15) is 4.79 Å². The van der Waals surface area contributed by atoms with Crippen LogP contribution in [0.1, 0.15) is 5.56 Å². The molecule has 1 aromatic heterocycles. The minimum absolute atomic E-state index is 0.0719. The maximum atomic E-state index is 11.3. The maximum absolute atomic E-state index is 11.3. The monoisotopic (exact) mass is 203 g/mol. The zero-order chi connectivity index (χ0) is 10.8. The molecule has 0 aliphatic heterocycles. The molecular formula is C10H9N3O2. The van der Waals surface area contributed by atoms with E-state index >= 15 is 0 Å². The first-order valence-corrected chi connectivity index (χ1v) is 4.32. The zero-order valence-electron chi connectivity index (χ0n) is 7.77. The van der Waals surface area contributed by atoms with Crippen LogP contribution in [0.5, 0.6) is 0 Å². The molecule has 76 valence electrons. The molecule has 0 spiro atoms. The lowest BCUT2D eigenvalue weighted by Crippen LogP contribution is -2.17. The summed E-state index contributed by atoms with van der Waals surface area (Å²) in [5.41, 5.74) is 6.28. The molecule has 0 fully saturated rings. The van der Waals surface area contributed by atoms with E-state index in [1.807, 2.05) is 6.07 Å². The summed E-state index contributed by atoms with van der Waals surface area (Å²) < 4.78 is 0. The summed E-state index contributed by atoms with van der Waals surface area (Å²) in [4.78, 5) is 13.9. The highest BCUT2D eigenvalue weighted by Crippen LogP contribution is 2.13. The van der Waals surface area contributed by atoms with Gasteiger partial charge in [-0.2, -0.15) is 0 Å². The van der Waals surface area contributed by atoms with Crippen LogP contribution in [0.15, 0.2) is 40.3 Å². The highest BCUT2D eigenvalue weighted by atomic mass is 16.4. The Kier molecular flexibility index (Phi) is 2.13. The van der Waals surface area contributed by atoms with Crippen LogP contribution >= 0.6 is 0 Å². The molecule has 0 saturated carbocycles. The van der Waals surface area contributed by atoms with Crippen molar-refractivity contribution in [1.29, 1.82) is 0 Å². The third-order valence-corrected chi connectivity index (χ3v) is 2.13. The first-order valence-electron chi connectivity index (χ1n) is 4.32. The molecule has 0 aliphatic carbocycles. The van der Waals surface area contributed by atoms with Gasteiger partial charge in [0.15, 0.2) is 5.84 Å². The fourth-order valence-electron chi connectivity index (χ4n) is 1.47. The van der Waals surface area contributed by atoms with E-state index in [0.717, 1.165) is 5.39 Å². The molecule has 0 radical (unpaired) electrons. The van der Waals surface area contributed by atoms with Gasteiger partial charge in [0.1, 0.15) is 0 Å². The predicted octanol–water partition coefficient (Wildman–Crippen LogP) is 0.623. The van der Waals surface area contributed by atoms with Crippen LogP contribution in [-0.4, -0.2) is 16.0 Å². The van der Waals surface area contributed by atoms with Gasteiger partial charge in [0.2, 0.25) is 5.56 Å². The van der Waals surface area contributed by atoms with Gasteiger partial charge in [-0.3, -0.25) is 4.79 Å². The molecule has 5 nitrogen and oxygen atoms in total. The van der Waals surface area contributed by atoms with Gasteiger partial charge < -0.3 is 15.9 Å². The number of nitrogens with two attached hydrogens (primary N) is 1. The topological polar surface area (TPSA) is 91.5 Å². The summed E-state index contributed by atoms with van der Waals surface area (Å²) in [7, 11) is 0. The lowest BCUT2D eigenvalue weighted by molar-refractivity contribution is 0.318. The van der Waals surface area contributed by atoms with Gasteiger partial charge in [0.25, 0.3) is 0 Å². The molecule has 5 heteroatoms.